The van der Waals surface area contributed by atoms with Crippen molar-refractivity contribution in [1.29, 1.82) is 0 Å². The van der Waals surface area contributed by atoms with Crippen LogP contribution in [0.1, 0.15) is 16.8 Å². The molecule has 0 aliphatic carbocycles. The van der Waals surface area contributed by atoms with Crippen molar-refractivity contribution in [1.82, 2.24) is 9.78 Å². The van der Waals surface area contributed by atoms with Crippen LogP contribution in [0.25, 0.3) is 0 Å². The van der Waals surface area contributed by atoms with Crippen LogP contribution in [-0.4, -0.2) is 22.2 Å². The van der Waals surface area contributed by atoms with E-state index in [1.165, 1.54) is 6.20 Å². The predicted molar refractivity (Wildman–Crippen MR) is 46.0 cm³/mol. The second kappa shape index (κ2) is 4.12. The van der Waals surface area contributed by atoms with Crippen LogP contribution in [0, 0.1) is 0 Å². The number of aromatic nitrogens is 2. The maximum absolute atomic E-state index is 11.8. The Hall–Kier alpha value is -0.850. The highest BCUT2D eigenvalue weighted by Gasteiger charge is 2.26. The minimum atomic E-state index is -4.21. The van der Waals surface area contributed by atoms with E-state index in [0.29, 0.717) is 6.29 Å². The lowest BCUT2D eigenvalue weighted by molar-refractivity contribution is -0.137. The number of aldehydes is 1. The standard InChI is InChI=1S/C7H6BrF3N2O/c8-6-5(4-14)3-13(12-6)2-1-7(9,10)11/h3-4H,1-2H2. The summed E-state index contributed by atoms with van der Waals surface area (Å²) in [7, 11) is 0. The van der Waals surface area contributed by atoms with Gasteiger partial charge in [-0.05, 0) is 15.9 Å². The molecular formula is C7H6BrF3N2O. The van der Waals surface area contributed by atoms with Crippen LogP contribution in [0.2, 0.25) is 0 Å². The van der Waals surface area contributed by atoms with Gasteiger partial charge in [0, 0.05) is 12.7 Å². The van der Waals surface area contributed by atoms with Crippen molar-refractivity contribution in [2.45, 2.75) is 19.1 Å². The van der Waals surface area contributed by atoms with Gasteiger partial charge >= 0.3 is 6.18 Å². The first kappa shape index (κ1) is 11.2. The predicted octanol–water partition coefficient (Wildman–Crippen LogP) is 2.41. The summed E-state index contributed by atoms with van der Waals surface area (Å²) >= 11 is 2.95. The Bertz CT molecular complexity index is 334. The quantitative estimate of drug-likeness (QED) is 0.791. The zero-order chi connectivity index (χ0) is 10.8. The summed E-state index contributed by atoms with van der Waals surface area (Å²) in [4.78, 5) is 10.3. The van der Waals surface area contributed by atoms with Gasteiger partial charge in [-0.15, -0.1) is 0 Å². The lowest BCUT2D eigenvalue weighted by Crippen LogP contribution is -2.12. The van der Waals surface area contributed by atoms with Crippen molar-refractivity contribution in [2.24, 2.45) is 0 Å². The van der Waals surface area contributed by atoms with E-state index in [1.54, 1.807) is 0 Å². The van der Waals surface area contributed by atoms with Crippen molar-refractivity contribution >= 4 is 22.2 Å². The Kier molecular flexibility index (Phi) is 3.30. The van der Waals surface area contributed by atoms with E-state index in [2.05, 4.69) is 21.0 Å². The summed E-state index contributed by atoms with van der Waals surface area (Å²) in [5.41, 5.74) is 0.243. The molecule has 1 heterocycles. The smallest absolute Gasteiger partial charge is 0.298 e. The van der Waals surface area contributed by atoms with Crippen LogP contribution in [0.5, 0.6) is 0 Å². The summed E-state index contributed by atoms with van der Waals surface area (Å²) in [6.07, 6.45) is -3.37. The van der Waals surface area contributed by atoms with Crippen LogP contribution < -0.4 is 0 Å². The molecule has 0 N–H and O–H groups in total. The molecule has 0 bridgehead atoms. The van der Waals surface area contributed by atoms with E-state index < -0.39 is 12.6 Å². The molecule has 0 amide bonds. The first-order valence-electron chi connectivity index (χ1n) is 3.67. The van der Waals surface area contributed by atoms with Crippen molar-refractivity contribution in [3.05, 3.63) is 16.4 Å². The third-order valence-corrected chi connectivity index (χ3v) is 2.11. The molecule has 1 aromatic heterocycles. The molecular weight excluding hydrogens is 265 g/mol. The maximum atomic E-state index is 11.8. The normalized spacial score (nSPS) is 11.7. The number of alkyl halides is 3. The largest absolute Gasteiger partial charge is 0.390 e. The Morgan fingerprint density at radius 2 is 2.21 bits per heavy atom. The zero-order valence-corrected chi connectivity index (χ0v) is 8.47. The van der Waals surface area contributed by atoms with Crippen LogP contribution in [-0.2, 0) is 6.54 Å². The molecule has 0 aliphatic heterocycles. The Balaban J connectivity index is 2.64. The topological polar surface area (TPSA) is 34.9 Å². The summed E-state index contributed by atoms with van der Waals surface area (Å²) in [6.45, 7) is -0.282. The monoisotopic (exact) mass is 270 g/mol. The SMILES string of the molecule is O=Cc1cn(CCC(F)(F)F)nc1Br. The lowest BCUT2D eigenvalue weighted by atomic mass is 10.4. The second-order valence-corrected chi connectivity index (χ2v) is 3.37. The third-order valence-electron chi connectivity index (χ3n) is 1.49. The minimum Gasteiger partial charge on any atom is -0.298 e. The van der Waals surface area contributed by atoms with Gasteiger partial charge in [-0.1, -0.05) is 0 Å². The molecule has 1 rings (SSSR count). The average Bonchev–Trinajstić information content (AvgIpc) is 2.42. The van der Waals surface area contributed by atoms with Gasteiger partial charge in [0.1, 0.15) is 4.60 Å². The van der Waals surface area contributed by atoms with Crippen molar-refractivity contribution in [2.75, 3.05) is 0 Å². The highest BCUT2D eigenvalue weighted by molar-refractivity contribution is 9.10. The number of hydrogen-bond donors (Lipinski definition) is 0. The van der Waals surface area contributed by atoms with Crippen LogP contribution in [0.4, 0.5) is 13.2 Å². The Morgan fingerprint density at radius 3 is 2.64 bits per heavy atom. The van der Waals surface area contributed by atoms with E-state index in [4.69, 9.17) is 0 Å². The molecule has 3 nitrogen and oxygen atoms in total. The number of halogens is 4. The van der Waals surface area contributed by atoms with Gasteiger partial charge in [-0.3, -0.25) is 9.48 Å². The zero-order valence-electron chi connectivity index (χ0n) is 6.88. The fourth-order valence-electron chi connectivity index (χ4n) is 0.848. The highest BCUT2D eigenvalue weighted by atomic mass is 79.9. The van der Waals surface area contributed by atoms with Crippen LogP contribution in [0.3, 0.4) is 0 Å². The van der Waals surface area contributed by atoms with E-state index in [1.807, 2.05) is 0 Å². The van der Waals surface area contributed by atoms with Gasteiger partial charge in [0.05, 0.1) is 12.0 Å². The molecule has 78 valence electrons. The molecule has 14 heavy (non-hydrogen) atoms. The highest BCUT2D eigenvalue weighted by Crippen LogP contribution is 2.21. The summed E-state index contributed by atoms with van der Waals surface area (Å²) in [5, 5.41) is 3.69. The van der Waals surface area contributed by atoms with Gasteiger partial charge < -0.3 is 0 Å². The second-order valence-electron chi connectivity index (χ2n) is 2.62. The van der Waals surface area contributed by atoms with E-state index in [-0.39, 0.29) is 16.7 Å². The lowest BCUT2D eigenvalue weighted by Gasteiger charge is -2.05. The number of aryl methyl sites for hydroxylation is 1. The number of hydrogen-bond acceptors (Lipinski definition) is 2. The van der Waals surface area contributed by atoms with Crippen LogP contribution in [0.15, 0.2) is 10.8 Å². The molecule has 1 aromatic rings. The number of carbonyl (C=O) groups excluding carboxylic acids is 1. The van der Waals surface area contributed by atoms with E-state index >= 15 is 0 Å². The van der Waals surface area contributed by atoms with Crippen molar-refractivity contribution < 1.29 is 18.0 Å². The molecule has 0 unspecified atom stereocenters. The van der Waals surface area contributed by atoms with Crippen molar-refractivity contribution in [3.8, 4) is 0 Å². The molecule has 0 atom stereocenters. The molecule has 0 spiro atoms. The van der Waals surface area contributed by atoms with Gasteiger partial charge in [-0.25, -0.2) is 0 Å². The molecule has 0 aromatic carbocycles. The Morgan fingerprint density at radius 1 is 1.57 bits per heavy atom. The summed E-state index contributed by atoms with van der Waals surface area (Å²) < 4.78 is 36.8. The first-order valence-corrected chi connectivity index (χ1v) is 4.46. The molecule has 0 radical (unpaired) electrons. The average molecular weight is 271 g/mol. The van der Waals surface area contributed by atoms with E-state index in [9.17, 15) is 18.0 Å². The molecule has 0 saturated heterocycles. The van der Waals surface area contributed by atoms with Crippen LogP contribution >= 0.6 is 15.9 Å². The molecule has 0 fully saturated rings. The van der Waals surface area contributed by atoms with E-state index in [0.717, 1.165) is 4.68 Å². The number of rotatable bonds is 3. The maximum Gasteiger partial charge on any atom is 0.390 e. The van der Waals surface area contributed by atoms with Gasteiger partial charge in [0.2, 0.25) is 0 Å². The van der Waals surface area contributed by atoms with Gasteiger partial charge in [0.15, 0.2) is 6.29 Å². The summed E-state index contributed by atoms with van der Waals surface area (Å²) in [5.74, 6) is 0. The molecule has 0 aliphatic rings. The fourth-order valence-corrected chi connectivity index (χ4v) is 1.25. The molecule has 0 saturated carbocycles. The minimum absolute atomic E-state index is 0.243. The first-order chi connectivity index (χ1) is 6.42. The number of nitrogens with zero attached hydrogens (tertiary/aromatic N) is 2. The van der Waals surface area contributed by atoms with Gasteiger partial charge in [-0.2, -0.15) is 18.3 Å². The molecule has 7 heteroatoms. The number of carbonyl (C=O) groups is 1. The van der Waals surface area contributed by atoms with Crippen molar-refractivity contribution in [3.63, 3.8) is 0 Å². The summed E-state index contributed by atoms with van der Waals surface area (Å²) in [6, 6.07) is 0. The third kappa shape index (κ3) is 3.13. The Labute approximate surface area is 86.0 Å². The van der Waals surface area contributed by atoms with Gasteiger partial charge in [0.25, 0.3) is 0 Å². The fraction of sp³-hybridized carbons (Fsp3) is 0.429.